The van der Waals surface area contributed by atoms with Gasteiger partial charge in [0, 0.05) is 0 Å². The number of hydrogen-bond donors (Lipinski definition) is 1. The van der Waals surface area contributed by atoms with Crippen LogP contribution in [0.5, 0.6) is 11.5 Å². The van der Waals surface area contributed by atoms with Crippen molar-refractivity contribution in [2.24, 2.45) is 0 Å². The highest BCUT2D eigenvalue weighted by atomic mass is 79.9. The van der Waals surface area contributed by atoms with Crippen molar-refractivity contribution in [1.82, 2.24) is 0 Å². The number of carboxylic acids is 1. The van der Waals surface area contributed by atoms with Gasteiger partial charge in [-0.3, -0.25) is 0 Å². The molecule has 0 bridgehead atoms. The number of benzene rings is 2. The van der Waals surface area contributed by atoms with Gasteiger partial charge in [0.25, 0.3) is 0 Å². The van der Waals surface area contributed by atoms with E-state index in [4.69, 9.17) is 9.84 Å². The highest BCUT2D eigenvalue weighted by Crippen LogP contribution is 2.32. The molecule has 0 atom stereocenters. The summed E-state index contributed by atoms with van der Waals surface area (Å²) in [7, 11) is 0. The Morgan fingerprint density at radius 1 is 1.21 bits per heavy atom. The molecule has 0 saturated carbocycles. The van der Waals surface area contributed by atoms with Gasteiger partial charge in [0.05, 0.1) is 10.0 Å². The predicted octanol–water partition coefficient (Wildman–Crippen LogP) is 4.39. The van der Waals surface area contributed by atoms with E-state index in [9.17, 15) is 9.18 Å². The molecule has 3 nitrogen and oxygen atoms in total. The molecule has 0 amide bonds. The molecular weight excluding hydrogens is 315 g/mol. The number of carbonyl (C=O) groups is 1. The fourth-order valence-corrected chi connectivity index (χ4v) is 1.98. The van der Waals surface area contributed by atoms with E-state index >= 15 is 0 Å². The van der Waals surface area contributed by atoms with Crippen LogP contribution in [0.1, 0.15) is 15.9 Å². The zero-order chi connectivity index (χ0) is 14.0. The maximum absolute atomic E-state index is 13.6. The normalized spacial score (nSPS) is 10.3. The third-order valence-electron chi connectivity index (χ3n) is 2.49. The number of carboxylic acid groups (broad SMARTS) is 1. The lowest BCUT2D eigenvalue weighted by Gasteiger charge is -2.09. The Bertz CT molecular complexity index is 641. The topological polar surface area (TPSA) is 46.5 Å². The Balaban J connectivity index is 2.33. The number of ether oxygens (including phenoxy) is 1. The second-order valence-electron chi connectivity index (χ2n) is 3.99. The zero-order valence-electron chi connectivity index (χ0n) is 9.98. The summed E-state index contributed by atoms with van der Waals surface area (Å²) in [4.78, 5) is 10.8. The first-order valence-corrected chi connectivity index (χ1v) is 6.23. The van der Waals surface area contributed by atoms with Gasteiger partial charge in [-0.05, 0) is 58.7 Å². The Morgan fingerprint density at radius 2 is 1.95 bits per heavy atom. The van der Waals surface area contributed by atoms with Crippen LogP contribution in [0.2, 0.25) is 0 Å². The summed E-state index contributed by atoms with van der Waals surface area (Å²) in [6.07, 6.45) is 0. The van der Waals surface area contributed by atoms with Gasteiger partial charge in [0.1, 0.15) is 5.75 Å². The van der Waals surface area contributed by atoms with Gasteiger partial charge in [0.15, 0.2) is 11.6 Å². The molecular formula is C14H10BrFO3. The SMILES string of the molecule is Cc1ccc(F)c(Oc2ccc(C(=O)O)cc2Br)c1. The van der Waals surface area contributed by atoms with E-state index in [1.165, 1.54) is 24.3 Å². The molecule has 0 aliphatic rings. The number of rotatable bonds is 3. The van der Waals surface area contributed by atoms with E-state index in [1.807, 2.05) is 6.92 Å². The van der Waals surface area contributed by atoms with E-state index in [2.05, 4.69) is 15.9 Å². The van der Waals surface area contributed by atoms with Crippen molar-refractivity contribution in [2.75, 3.05) is 0 Å². The molecule has 0 radical (unpaired) electrons. The van der Waals surface area contributed by atoms with Crippen LogP contribution in [0.4, 0.5) is 4.39 Å². The molecule has 0 fully saturated rings. The molecule has 2 aromatic carbocycles. The summed E-state index contributed by atoms with van der Waals surface area (Å²) in [6, 6.07) is 8.83. The maximum Gasteiger partial charge on any atom is 0.335 e. The summed E-state index contributed by atoms with van der Waals surface area (Å²) in [5.41, 5.74) is 0.999. The van der Waals surface area contributed by atoms with Gasteiger partial charge in [-0.2, -0.15) is 0 Å². The monoisotopic (exact) mass is 324 g/mol. The number of aromatic carboxylic acids is 1. The van der Waals surface area contributed by atoms with E-state index in [0.29, 0.717) is 10.2 Å². The Kier molecular flexibility index (Phi) is 3.85. The molecule has 0 spiro atoms. The van der Waals surface area contributed by atoms with Gasteiger partial charge in [0.2, 0.25) is 0 Å². The number of halogens is 2. The molecule has 0 aliphatic carbocycles. The second kappa shape index (κ2) is 5.40. The Hall–Kier alpha value is -1.88. The fourth-order valence-electron chi connectivity index (χ4n) is 1.52. The largest absolute Gasteiger partial charge is 0.478 e. The number of hydrogen-bond acceptors (Lipinski definition) is 2. The lowest BCUT2D eigenvalue weighted by molar-refractivity contribution is 0.0697. The molecule has 2 rings (SSSR count). The van der Waals surface area contributed by atoms with E-state index < -0.39 is 11.8 Å². The van der Waals surface area contributed by atoms with Crippen molar-refractivity contribution in [3.05, 3.63) is 57.8 Å². The first-order valence-electron chi connectivity index (χ1n) is 5.44. The maximum atomic E-state index is 13.6. The summed E-state index contributed by atoms with van der Waals surface area (Å²) in [6.45, 7) is 1.83. The summed E-state index contributed by atoms with van der Waals surface area (Å²) in [5.74, 6) is -1.05. The molecule has 5 heteroatoms. The molecule has 19 heavy (non-hydrogen) atoms. The smallest absolute Gasteiger partial charge is 0.335 e. The highest BCUT2D eigenvalue weighted by Gasteiger charge is 2.10. The molecule has 0 aliphatic heterocycles. The van der Waals surface area contributed by atoms with Crippen LogP contribution in [-0.4, -0.2) is 11.1 Å². The van der Waals surface area contributed by atoms with E-state index in [0.717, 1.165) is 5.56 Å². The lowest BCUT2D eigenvalue weighted by atomic mass is 10.2. The average Bonchev–Trinajstić information content (AvgIpc) is 2.36. The molecule has 0 saturated heterocycles. The minimum absolute atomic E-state index is 0.101. The summed E-state index contributed by atoms with van der Waals surface area (Å²) >= 11 is 3.21. The molecule has 0 heterocycles. The third kappa shape index (κ3) is 3.12. The first kappa shape index (κ1) is 13.5. The fraction of sp³-hybridized carbons (Fsp3) is 0.0714. The van der Waals surface area contributed by atoms with E-state index in [-0.39, 0.29) is 11.3 Å². The van der Waals surface area contributed by atoms with Crippen LogP contribution in [0.15, 0.2) is 40.9 Å². The zero-order valence-corrected chi connectivity index (χ0v) is 11.6. The van der Waals surface area contributed by atoms with Crippen LogP contribution in [0, 0.1) is 12.7 Å². The second-order valence-corrected chi connectivity index (χ2v) is 4.84. The quantitative estimate of drug-likeness (QED) is 0.910. The average molecular weight is 325 g/mol. The summed E-state index contributed by atoms with van der Waals surface area (Å²) < 4.78 is 19.5. The van der Waals surface area contributed by atoms with Crippen molar-refractivity contribution in [3.63, 3.8) is 0 Å². The summed E-state index contributed by atoms with van der Waals surface area (Å²) in [5, 5.41) is 8.85. The Labute approximate surface area is 117 Å². The number of aryl methyl sites for hydroxylation is 1. The van der Waals surface area contributed by atoms with Crippen molar-refractivity contribution < 1.29 is 19.0 Å². The Morgan fingerprint density at radius 3 is 2.58 bits per heavy atom. The van der Waals surface area contributed by atoms with Crippen LogP contribution in [0.25, 0.3) is 0 Å². The van der Waals surface area contributed by atoms with Gasteiger partial charge in [-0.25, -0.2) is 9.18 Å². The van der Waals surface area contributed by atoms with Gasteiger partial charge in [-0.1, -0.05) is 6.07 Å². The van der Waals surface area contributed by atoms with Crippen LogP contribution >= 0.6 is 15.9 Å². The van der Waals surface area contributed by atoms with Crippen molar-refractivity contribution in [2.45, 2.75) is 6.92 Å². The first-order chi connectivity index (χ1) is 8.97. The van der Waals surface area contributed by atoms with Crippen LogP contribution < -0.4 is 4.74 Å². The third-order valence-corrected chi connectivity index (χ3v) is 3.11. The molecule has 1 N–H and O–H groups in total. The molecule has 0 aromatic heterocycles. The highest BCUT2D eigenvalue weighted by molar-refractivity contribution is 9.10. The lowest BCUT2D eigenvalue weighted by Crippen LogP contribution is -1.97. The van der Waals surface area contributed by atoms with Crippen molar-refractivity contribution >= 4 is 21.9 Å². The van der Waals surface area contributed by atoms with Crippen molar-refractivity contribution in [3.8, 4) is 11.5 Å². The van der Waals surface area contributed by atoms with Gasteiger partial charge >= 0.3 is 5.97 Å². The predicted molar refractivity (Wildman–Crippen MR) is 72.3 cm³/mol. The van der Waals surface area contributed by atoms with Crippen LogP contribution in [-0.2, 0) is 0 Å². The van der Waals surface area contributed by atoms with Gasteiger partial charge < -0.3 is 9.84 Å². The standard InChI is InChI=1S/C14H10BrFO3/c1-8-2-4-11(16)13(6-8)19-12-5-3-9(14(17)18)7-10(12)15/h2-7H,1H3,(H,17,18). The van der Waals surface area contributed by atoms with Gasteiger partial charge in [-0.15, -0.1) is 0 Å². The van der Waals surface area contributed by atoms with Crippen molar-refractivity contribution in [1.29, 1.82) is 0 Å². The molecule has 2 aromatic rings. The van der Waals surface area contributed by atoms with Crippen LogP contribution in [0.3, 0.4) is 0 Å². The molecule has 0 unspecified atom stereocenters. The minimum Gasteiger partial charge on any atom is -0.478 e. The minimum atomic E-state index is -1.03. The van der Waals surface area contributed by atoms with E-state index in [1.54, 1.807) is 12.1 Å². The molecule has 98 valence electrons.